The second kappa shape index (κ2) is 7.72. The molecule has 1 aliphatic heterocycles. The highest BCUT2D eigenvalue weighted by Gasteiger charge is 2.24. The highest BCUT2D eigenvalue weighted by Crippen LogP contribution is 2.32. The van der Waals surface area contributed by atoms with Gasteiger partial charge in [-0.25, -0.2) is 9.97 Å². The highest BCUT2D eigenvalue weighted by atomic mass is 32.1. The van der Waals surface area contributed by atoms with E-state index >= 15 is 0 Å². The number of nitrogens with one attached hydrogen (secondary N) is 1. The highest BCUT2D eigenvalue weighted by molar-refractivity contribution is 7.18. The van der Waals surface area contributed by atoms with Crippen LogP contribution in [0, 0.1) is 6.92 Å². The Morgan fingerprint density at radius 3 is 2.73 bits per heavy atom. The van der Waals surface area contributed by atoms with Gasteiger partial charge in [0.15, 0.2) is 0 Å². The first-order valence-electron chi connectivity index (χ1n) is 10.5. The summed E-state index contributed by atoms with van der Waals surface area (Å²) >= 11 is 1.75. The van der Waals surface area contributed by atoms with E-state index in [2.05, 4.69) is 33.9 Å². The van der Waals surface area contributed by atoms with Crippen LogP contribution in [0.25, 0.3) is 21.1 Å². The number of anilines is 1. The Morgan fingerprint density at radius 2 is 1.93 bits per heavy atom. The molecule has 30 heavy (non-hydrogen) atoms. The summed E-state index contributed by atoms with van der Waals surface area (Å²) < 4.78 is 0. The number of H-pyrrole nitrogens is 1. The Bertz CT molecular complexity index is 1220. The Labute approximate surface area is 179 Å². The third-order valence-corrected chi connectivity index (χ3v) is 7.01. The number of aromatic nitrogens is 3. The van der Waals surface area contributed by atoms with E-state index in [1.807, 2.05) is 36.2 Å². The Hall–Kier alpha value is -2.93. The van der Waals surface area contributed by atoms with Gasteiger partial charge in [-0.1, -0.05) is 25.1 Å². The first-order valence-corrected chi connectivity index (χ1v) is 11.3. The number of aryl methyl sites for hydroxylation is 2. The molecule has 1 amide bonds. The normalized spacial score (nSPS) is 14.7. The lowest BCUT2D eigenvalue weighted by Crippen LogP contribution is -2.49. The van der Waals surface area contributed by atoms with Crippen molar-refractivity contribution >= 4 is 44.2 Å². The predicted octanol–water partition coefficient (Wildman–Crippen LogP) is 3.93. The van der Waals surface area contributed by atoms with Crippen molar-refractivity contribution < 1.29 is 4.79 Å². The van der Waals surface area contributed by atoms with Crippen LogP contribution in [0.1, 0.15) is 23.2 Å². The molecule has 154 valence electrons. The van der Waals surface area contributed by atoms with E-state index in [9.17, 15) is 4.79 Å². The number of hydrogen-bond acceptors (Lipinski definition) is 5. The molecule has 0 aliphatic carbocycles. The molecule has 4 heterocycles. The number of carbonyl (C=O) groups is 1. The molecular formula is C23H25N5OS. The molecule has 1 saturated heterocycles. The van der Waals surface area contributed by atoms with Gasteiger partial charge < -0.3 is 14.8 Å². The fraction of sp³-hybridized carbons (Fsp3) is 0.348. The van der Waals surface area contributed by atoms with Crippen LogP contribution in [-0.4, -0.2) is 51.9 Å². The number of fused-ring (bicyclic) bond motifs is 2. The molecule has 1 aliphatic rings. The lowest BCUT2D eigenvalue weighted by atomic mass is 10.1. The smallest absolute Gasteiger partial charge is 0.227 e. The molecule has 0 bridgehead atoms. The number of hydrogen-bond donors (Lipinski definition) is 1. The fourth-order valence-corrected chi connectivity index (χ4v) is 5.20. The van der Waals surface area contributed by atoms with Gasteiger partial charge in [-0.15, -0.1) is 11.3 Å². The average Bonchev–Trinajstić information content (AvgIpc) is 3.37. The molecule has 0 atom stereocenters. The van der Waals surface area contributed by atoms with E-state index in [-0.39, 0.29) is 5.91 Å². The number of piperazine rings is 1. The largest absolute Gasteiger partial charge is 0.361 e. The number of thiophene rings is 1. The third kappa shape index (κ3) is 3.43. The van der Waals surface area contributed by atoms with E-state index < -0.39 is 0 Å². The van der Waals surface area contributed by atoms with Crippen molar-refractivity contribution in [1.29, 1.82) is 0 Å². The van der Waals surface area contributed by atoms with E-state index in [1.165, 1.54) is 4.88 Å². The number of amides is 1. The van der Waals surface area contributed by atoms with Crippen LogP contribution in [0.2, 0.25) is 0 Å². The van der Waals surface area contributed by atoms with E-state index in [1.54, 1.807) is 11.3 Å². The summed E-state index contributed by atoms with van der Waals surface area (Å²) in [5, 5.41) is 2.27. The van der Waals surface area contributed by atoms with Gasteiger partial charge in [-0.05, 0) is 31.0 Å². The molecule has 4 aromatic rings. The van der Waals surface area contributed by atoms with E-state index in [4.69, 9.17) is 4.98 Å². The van der Waals surface area contributed by atoms with Crippen molar-refractivity contribution in [2.45, 2.75) is 26.7 Å². The first kappa shape index (κ1) is 19.1. The standard InChI is InChI=1S/C23H25N5OS/c1-3-17-13-19-22(25-15(2)26-23(19)30-17)28-10-8-27(9-11-28)21(29)12-16-14-24-20-7-5-4-6-18(16)20/h4-7,13-14,24H,3,8-12H2,1-2H3. The molecule has 0 spiro atoms. The average molecular weight is 420 g/mol. The summed E-state index contributed by atoms with van der Waals surface area (Å²) in [5.74, 6) is 2.00. The molecule has 1 fully saturated rings. The molecule has 5 rings (SSSR count). The van der Waals surface area contributed by atoms with Gasteiger partial charge in [0.05, 0.1) is 11.8 Å². The minimum atomic E-state index is 0.187. The fourth-order valence-electron chi connectivity index (χ4n) is 4.20. The number of rotatable bonds is 4. The topological polar surface area (TPSA) is 65.1 Å². The molecule has 1 N–H and O–H groups in total. The predicted molar refractivity (Wildman–Crippen MR) is 122 cm³/mol. The van der Waals surface area contributed by atoms with Crippen LogP contribution >= 0.6 is 11.3 Å². The maximum Gasteiger partial charge on any atom is 0.227 e. The Balaban J connectivity index is 1.30. The van der Waals surface area contributed by atoms with Crippen molar-refractivity contribution in [2.75, 3.05) is 31.1 Å². The van der Waals surface area contributed by atoms with Crippen molar-refractivity contribution in [3.05, 3.63) is 52.8 Å². The maximum absolute atomic E-state index is 12.9. The number of aromatic amines is 1. The number of para-hydroxylation sites is 1. The van der Waals surface area contributed by atoms with E-state index in [0.29, 0.717) is 6.42 Å². The summed E-state index contributed by atoms with van der Waals surface area (Å²) in [7, 11) is 0. The number of nitrogens with zero attached hydrogens (tertiary/aromatic N) is 4. The van der Waals surface area contributed by atoms with E-state index in [0.717, 1.165) is 70.9 Å². The molecule has 0 radical (unpaired) electrons. The summed E-state index contributed by atoms with van der Waals surface area (Å²) in [6.07, 6.45) is 3.40. The van der Waals surface area contributed by atoms with Crippen LogP contribution in [0.15, 0.2) is 36.5 Å². The Morgan fingerprint density at radius 1 is 1.13 bits per heavy atom. The Kier molecular flexibility index (Phi) is 4.90. The van der Waals surface area contributed by atoms with Crippen molar-refractivity contribution in [1.82, 2.24) is 19.9 Å². The SMILES string of the molecule is CCc1cc2c(N3CCN(C(=O)Cc4c[nH]c5ccccc45)CC3)nc(C)nc2s1. The lowest BCUT2D eigenvalue weighted by molar-refractivity contribution is -0.130. The van der Waals surface area contributed by atoms with Gasteiger partial charge in [0.2, 0.25) is 5.91 Å². The second-order valence-electron chi connectivity index (χ2n) is 7.78. The van der Waals surface area contributed by atoms with Crippen molar-refractivity contribution in [2.24, 2.45) is 0 Å². The maximum atomic E-state index is 12.9. The second-order valence-corrected chi connectivity index (χ2v) is 8.90. The van der Waals surface area contributed by atoms with Crippen molar-refractivity contribution in [3.8, 4) is 0 Å². The summed E-state index contributed by atoms with van der Waals surface area (Å²) in [4.78, 5) is 32.2. The third-order valence-electron chi connectivity index (χ3n) is 5.83. The van der Waals surface area contributed by atoms with Crippen LogP contribution in [0.3, 0.4) is 0 Å². The van der Waals surface area contributed by atoms with Gasteiger partial charge in [0.1, 0.15) is 16.5 Å². The molecule has 0 saturated carbocycles. The van der Waals surface area contributed by atoms with Crippen molar-refractivity contribution in [3.63, 3.8) is 0 Å². The molecule has 0 unspecified atom stereocenters. The molecule has 1 aromatic carbocycles. The lowest BCUT2D eigenvalue weighted by Gasteiger charge is -2.35. The van der Waals surface area contributed by atoms with Crippen LogP contribution in [0.5, 0.6) is 0 Å². The zero-order valence-electron chi connectivity index (χ0n) is 17.3. The van der Waals surface area contributed by atoms with Gasteiger partial charge >= 0.3 is 0 Å². The van der Waals surface area contributed by atoms with Gasteiger partial charge in [0.25, 0.3) is 0 Å². The zero-order chi connectivity index (χ0) is 20.7. The summed E-state index contributed by atoms with van der Waals surface area (Å²) in [6, 6.07) is 10.4. The molecule has 6 nitrogen and oxygen atoms in total. The van der Waals surface area contributed by atoms with Gasteiger partial charge in [-0.3, -0.25) is 4.79 Å². The summed E-state index contributed by atoms with van der Waals surface area (Å²) in [6.45, 7) is 7.15. The number of carbonyl (C=O) groups excluding carboxylic acids is 1. The monoisotopic (exact) mass is 419 g/mol. The minimum Gasteiger partial charge on any atom is -0.361 e. The number of benzene rings is 1. The molecule has 7 heteroatoms. The van der Waals surface area contributed by atoms with Gasteiger partial charge in [-0.2, -0.15) is 0 Å². The van der Waals surface area contributed by atoms with Crippen LogP contribution in [0.4, 0.5) is 5.82 Å². The zero-order valence-corrected chi connectivity index (χ0v) is 18.1. The quantitative estimate of drug-likeness (QED) is 0.544. The van der Waals surface area contributed by atoms with Crippen LogP contribution in [-0.2, 0) is 17.6 Å². The summed E-state index contributed by atoms with van der Waals surface area (Å²) in [5.41, 5.74) is 2.15. The molecule has 3 aromatic heterocycles. The van der Waals surface area contributed by atoms with Crippen LogP contribution < -0.4 is 4.90 Å². The molecular weight excluding hydrogens is 394 g/mol. The van der Waals surface area contributed by atoms with Gasteiger partial charge in [0, 0.05) is 48.2 Å². The minimum absolute atomic E-state index is 0.187. The first-order chi connectivity index (χ1) is 14.6.